The Labute approximate surface area is 191 Å². The van der Waals surface area contributed by atoms with Crippen molar-refractivity contribution in [2.24, 2.45) is 0 Å². The third-order valence-corrected chi connectivity index (χ3v) is 6.02. The molecule has 1 atom stereocenters. The topological polar surface area (TPSA) is 108 Å². The molecule has 0 aromatic heterocycles. The number of hydrogen-bond donors (Lipinski definition) is 4. The molecule has 0 saturated heterocycles. The second-order valence-electron chi connectivity index (χ2n) is 7.98. The van der Waals surface area contributed by atoms with Crippen molar-refractivity contribution < 1.29 is 27.8 Å². The molecule has 0 spiro atoms. The number of sulfonamides is 1. The first-order chi connectivity index (χ1) is 15.7. The summed E-state index contributed by atoms with van der Waals surface area (Å²) < 4.78 is 44.4. The van der Waals surface area contributed by atoms with Crippen LogP contribution in [0.2, 0.25) is 0 Å². The number of halogens is 1. The number of nitrogens with one attached hydrogen (secondary N) is 2. The van der Waals surface area contributed by atoms with Crippen molar-refractivity contribution in [3.05, 3.63) is 77.1 Å². The van der Waals surface area contributed by atoms with E-state index in [2.05, 4.69) is 10.0 Å². The van der Waals surface area contributed by atoms with Crippen molar-refractivity contribution >= 4 is 15.7 Å². The van der Waals surface area contributed by atoms with E-state index in [1.165, 1.54) is 17.7 Å². The lowest BCUT2D eigenvalue weighted by atomic mass is 10.1. The van der Waals surface area contributed by atoms with Crippen LogP contribution < -0.4 is 14.8 Å². The molecule has 7 nitrogen and oxygen atoms in total. The van der Waals surface area contributed by atoms with Crippen molar-refractivity contribution in [3.8, 4) is 22.6 Å². The van der Waals surface area contributed by atoms with E-state index in [0.717, 1.165) is 29.0 Å². The van der Waals surface area contributed by atoms with E-state index in [1.54, 1.807) is 6.07 Å². The van der Waals surface area contributed by atoms with Crippen LogP contribution in [0.3, 0.4) is 0 Å². The number of aliphatic hydroxyl groups is 1. The Balaban J connectivity index is 1.30. The highest BCUT2D eigenvalue weighted by Crippen LogP contribution is 2.43. The molecule has 9 heteroatoms. The summed E-state index contributed by atoms with van der Waals surface area (Å²) in [5, 5.41) is 23.8. The lowest BCUT2D eigenvalue weighted by Gasteiger charge is -2.15. The first kappa shape index (κ1) is 23.0. The monoisotopic (exact) mass is 472 g/mol. The van der Waals surface area contributed by atoms with Gasteiger partial charge < -0.3 is 20.3 Å². The van der Waals surface area contributed by atoms with E-state index < -0.39 is 21.9 Å². The number of aliphatic hydroxyl groups excluding tert-OH is 1. The summed E-state index contributed by atoms with van der Waals surface area (Å²) in [7, 11) is -3.64. The Morgan fingerprint density at radius 1 is 1.12 bits per heavy atom. The number of fused-ring (bicyclic) bond motifs is 3. The maximum atomic E-state index is 13.8. The van der Waals surface area contributed by atoms with Gasteiger partial charge in [-0.2, -0.15) is 0 Å². The van der Waals surface area contributed by atoms with Crippen molar-refractivity contribution in [3.63, 3.8) is 0 Å². The van der Waals surface area contributed by atoms with Crippen LogP contribution in [0.5, 0.6) is 11.5 Å². The van der Waals surface area contributed by atoms with Gasteiger partial charge in [0.1, 0.15) is 23.9 Å². The molecule has 0 fully saturated rings. The number of aromatic hydroxyl groups is 1. The highest BCUT2D eigenvalue weighted by molar-refractivity contribution is 7.92. The van der Waals surface area contributed by atoms with E-state index in [1.807, 2.05) is 30.3 Å². The fraction of sp³-hybridized carbons (Fsp3) is 0.250. The molecule has 1 aliphatic carbocycles. The van der Waals surface area contributed by atoms with Gasteiger partial charge in [-0.25, -0.2) is 12.8 Å². The first-order valence-electron chi connectivity index (χ1n) is 10.4. The quantitative estimate of drug-likeness (QED) is 0.279. The SMILES string of the molecule is CS(=O)(=O)Nc1cc(C(O)CNCCOc2cc(O)c3c(c2)-c2ccccc2C3)ccc1F. The minimum absolute atomic E-state index is 0.163. The summed E-state index contributed by atoms with van der Waals surface area (Å²) in [4.78, 5) is 0. The van der Waals surface area contributed by atoms with Gasteiger partial charge >= 0.3 is 0 Å². The van der Waals surface area contributed by atoms with Crippen LogP contribution in [0.25, 0.3) is 11.1 Å². The smallest absolute Gasteiger partial charge is 0.229 e. The predicted molar refractivity (Wildman–Crippen MR) is 125 cm³/mol. The predicted octanol–water partition coefficient (Wildman–Crippen LogP) is 3.18. The van der Waals surface area contributed by atoms with E-state index in [-0.39, 0.29) is 18.0 Å². The van der Waals surface area contributed by atoms with Crippen LogP contribution >= 0.6 is 0 Å². The fourth-order valence-electron chi connectivity index (χ4n) is 3.89. The van der Waals surface area contributed by atoms with Crippen molar-refractivity contribution in [1.29, 1.82) is 0 Å². The summed E-state index contributed by atoms with van der Waals surface area (Å²) >= 11 is 0. The van der Waals surface area contributed by atoms with Gasteiger partial charge in [0.2, 0.25) is 10.0 Å². The van der Waals surface area contributed by atoms with Crippen molar-refractivity contribution in [2.75, 3.05) is 30.7 Å². The molecular formula is C24H25FN2O5S. The number of hydrogen-bond acceptors (Lipinski definition) is 6. The third kappa shape index (κ3) is 5.44. The lowest BCUT2D eigenvalue weighted by molar-refractivity contribution is 0.172. The van der Waals surface area contributed by atoms with Gasteiger partial charge in [-0.1, -0.05) is 30.3 Å². The Bertz CT molecular complexity index is 1280. The maximum Gasteiger partial charge on any atom is 0.229 e. The minimum atomic E-state index is -3.64. The molecule has 0 radical (unpaired) electrons. The normalized spacial score (nSPS) is 13.3. The Hall–Kier alpha value is -3.14. The third-order valence-electron chi connectivity index (χ3n) is 5.43. The molecule has 3 aromatic rings. The molecule has 4 N–H and O–H groups in total. The van der Waals surface area contributed by atoms with Gasteiger partial charge in [-0.15, -0.1) is 0 Å². The number of benzene rings is 3. The zero-order chi connectivity index (χ0) is 23.6. The van der Waals surface area contributed by atoms with Crippen LogP contribution in [0, 0.1) is 5.82 Å². The molecule has 33 heavy (non-hydrogen) atoms. The van der Waals surface area contributed by atoms with Crippen molar-refractivity contribution in [2.45, 2.75) is 12.5 Å². The number of rotatable bonds is 9. The van der Waals surface area contributed by atoms with Gasteiger partial charge in [-0.3, -0.25) is 4.72 Å². The molecule has 3 aromatic carbocycles. The van der Waals surface area contributed by atoms with Crippen LogP contribution in [-0.4, -0.2) is 44.6 Å². The van der Waals surface area contributed by atoms with E-state index >= 15 is 0 Å². The molecule has 0 heterocycles. The molecule has 1 aliphatic rings. The van der Waals surface area contributed by atoms with Crippen molar-refractivity contribution in [1.82, 2.24) is 5.32 Å². The highest BCUT2D eigenvalue weighted by Gasteiger charge is 2.22. The lowest BCUT2D eigenvalue weighted by Crippen LogP contribution is -2.26. The zero-order valence-corrected chi connectivity index (χ0v) is 18.8. The molecule has 174 valence electrons. The Morgan fingerprint density at radius 3 is 2.70 bits per heavy atom. The van der Waals surface area contributed by atoms with Gasteiger partial charge in [0.15, 0.2) is 0 Å². The summed E-state index contributed by atoms with van der Waals surface area (Å²) in [6.45, 7) is 0.883. The molecule has 4 rings (SSSR count). The number of anilines is 1. The van der Waals surface area contributed by atoms with Crippen LogP contribution in [-0.2, 0) is 16.4 Å². The summed E-state index contributed by atoms with van der Waals surface area (Å²) in [5.74, 6) is 0.0372. The van der Waals surface area contributed by atoms with E-state index in [0.29, 0.717) is 30.9 Å². The van der Waals surface area contributed by atoms with Crippen LogP contribution in [0.15, 0.2) is 54.6 Å². The van der Waals surface area contributed by atoms with Gasteiger partial charge in [0.05, 0.1) is 18.0 Å². The number of phenolic OH excluding ortho intramolecular Hbond substituents is 1. The standard InChI is InChI=1S/C24H25FN2O5S/c1-33(30,31)27-22-11-16(6-7-21(22)25)24(29)14-26-8-9-32-17-12-19-18-5-3-2-4-15(18)10-20(19)23(28)13-17/h2-7,11-13,24,26-29H,8-10,14H2,1H3. The second kappa shape index (κ2) is 9.38. The fourth-order valence-corrected chi connectivity index (χ4v) is 4.45. The Kier molecular flexibility index (Phi) is 6.55. The summed E-state index contributed by atoms with van der Waals surface area (Å²) in [5.41, 5.74) is 4.30. The molecule has 0 bridgehead atoms. The number of phenols is 1. The first-order valence-corrected chi connectivity index (χ1v) is 12.3. The molecular weight excluding hydrogens is 447 g/mol. The van der Waals surface area contributed by atoms with Crippen LogP contribution in [0.4, 0.5) is 10.1 Å². The van der Waals surface area contributed by atoms with Gasteiger partial charge in [0.25, 0.3) is 0 Å². The van der Waals surface area contributed by atoms with Crippen LogP contribution in [0.1, 0.15) is 22.8 Å². The van der Waals surface area contributed by atoms with Gasteiger partial charge in [-0.05, 0) is 40.5 Å². The molecule has 0 saturated carbocycles. The molecule has 0 amide bonds. The average Bonchev–Trinajstić information content (AvgIpc) is 3.13. The maximum absolute atomic E-state index is 13.8. The molecule has 0 aliphatic heterocycles. The van der Waals surface area contributed by atoms with E-state index in [9.17, 15) is 23.0 Å². The second-order valence-corrected chi connectivity index (χ2v) is 9.73. The Morgan fingerprint density at radius 2 is 1.91 bits per heavy atom. The van der Waals surface area contributed by atoms with E-state index in [4.69, 9.17) is 4.74 Å². The summed E-state index contributed by atoms with van der Waals surface area (Å²) in [6.07, 6.45) is 0.657. The minimum Gasteiger partial charge on any atom is -0.507 e. The summed E-state index contributed by atoms with van der Waals surface area (Å²) in [6, 6.07) is 15.3. The molecule has 1 unspecified atom stereocenters. The van der Waals surface area contributed by atoms with Gasteiger partial charge in [0, 0.05) is 31.1 Å². The number of ether oxygens (including phenoxy) is 1. The zero-order valence-electron chi connectivity index (χ0n) is 18.0. The largest absolute Gasteiger partial charge is 0.507 e. The average molecular weight is 473 g/mol. The highest BCUT2D eigenvalue weighted by atomic mass is 32.2.